The minimum absolute atomic E-state index is 0.231. The maximum Gasteiger partial charge on any atom is 0.220 e. The fraction of sp³-hybridized carbons (Fsp3) is 0.988. The first kappa shape index (κ1) is 96.0. The molecule has 612 valence electrons. The number of aliphatic hydroxyl groups excluding tert-OH is 11. The van der Waals surface area contributed by atoms with E-state index in [0.717, 1.165) is 44.9 Å². The molecule has 1 amide bonds. The fourth-order valence-electron chi connectivity index (χ4n) is 15.4. The number of unbranched alkanes of at least 4 members (excludes halogenated alkanes) is 56. The predicted molar refractivity (Wildman–Crippen MR) is 411 cm³/mol. The summed E-state index contributed by atoms with van der Waals surface area (Å²) < 4.78 is 34.6. The SMILES string of the molecule is CCCCCCCCCCCCCCCCCCCCCCCCCCCCCCCCCCCCCC(=O)NC(COC1OC(CO)C(OC2OC(CO)C(OC3OC(CO)C(O)C(O)C3O)C(O)C2O)C(O)C1O)C(O)CCCCCCCCCCCCCCCCCCCCCCCCC. The number of ether oxygens (including phenoxy) is 6. The molecule has 0 spiro atoms. The minimum Gasteiger partial charge on any atom is -0.394 e. The highest BCUT2D eigenvalue weighted by atomic mass is 16.8. The molecule has 19 nitrogen and oxygen atoms in total. The van der Waals surface area contributed by atoms with Crippen LogP contribution in [0.5, 0.6) is 0 Å². The van der Waals surface area contributed by atoms with Crippen molar-refractivity contribution in [2.45, 2.75) is 503 Å². The van der Waals surface area contributed by atoms with Gasteiger partial charge in [0.05, 0.1) is 38.6 Å². The highest BCUT2D eigenvalue weighted by Crippen LogP contribution is 2.34. The Hall–Kier alpha value is -1.21. The topological polar surface area (TPSA) is 307 Å². The zero-order valence-corrected chi connectivity index (χ0v) is 65.8. The zero-order valence-electron chi connectivity index (χ0n) is 65.8. The van der Waals surface area contributed by atoms with Crippen LogP contribution in [0.25, 0.3) is 0 Å². The quantitative estimate of drug-likeness (QED) is 0.0252. The second kappa shape index (κ2) is 65.5. The Morgan fingerprint density at radius 3 is 0.845 bits per heavy atom. The van der Waals surface area contributed by atoms with E-state index in [9.17, 15) is 61.0 Å². The third-order valence-electron chi connectivity index (χ3n) is 22.4. The van der Waals surface area contributed by atoms with Gasteiger partial charge in [-0.2, -0.15) is 0 Å². The van der Waals surface area contributed by atoms with Crippen LogP contribution < -0.4 is 5.32 Å². The molecular formula is C84H163NO18. The molecule has 0 bridgehead atoms. The third-order valence-corrected chi connectivity index (χ3v) is 22.4. The molecule has 103 heavy (non-hydrogen) atoms. The van der Waals surface area contributed by atoms with Gasteiger partial charge in [-0.1, -0.05) is 380 Å². The summed E-state index contributed by atoms with van der Waals surface area (Å²) in [5, 5.41) is 121. The van der Waals surface area contributed by atoms with Crippen LogP contribution in [-0.4, -0.2) is 193 Å². The van der Waals surface area contributed by atoms with Crippen LogP contribution in [0.4, 0.5) is 0 Å². The molecule has 0 aliphatic carbocycles. The van der Waals surface area contributed by atoms with Gasteiger partial charge in [-0.3, -0.25) is 4.79 Å². The van der Waals surface area contributed by atoms with E-state index in [1.54, 1.807) is 0 Å². The second-order valence-electron chi connectivity index (χ2n) is 31.7. The molecule has 17 unspecified atom stereocenters. The number of aliphatic hydroxyl groups is 11. The van der Waals surface area contributed by atoms with Crippen molar-refractivity contribution in [3.8, 4) is 0 Å². The van der Waals surface area contributed by atoms with Gasteiger partial charge in [-0.15, -0.1) is 0 Å². The summed E-state index contributed by atoms with van der Waals surface area (Å²) >= 11 is 0. The largest absolute Gasteiger partial charge is 0.394 e. The number of carbonyl (C=O) groups is 1. The summed E-state index contributed by atoms with van der Waals surface area (Å²) in [6.45, 7) is 1.88. The number of nitrogens with one attached hydrogen (secondary N) is 1. The van der Waals surface area contributed by atoms with Crippen molar-refractivity contribution in [3.05, 3.63) is 0 Å². The molecule has 0 aromatic rings. The van der Waals surface area contributed by atoms with Gasteiger partial charge in [0.2, 0.25) is 5.91 Å². The molecule has 0 saturated carbocycles. The van der Waals surface area contributed by atoms with Crippen molar-refractivity contribution in [3.63, 3.8) is 0 Å². The van der Waals surface area contributed by atoms with Crippen LogP contribution in [0.1, 0.15) is 399 Å². The van der Waals surface area contributed by atoms with E-state index >= 15 is 0 Å². The molecular weight excluding hydrogens is 1310 g/mol. The fourth-order valence-corrected chi connectivity index (χ4v) is 15.4. The molecule has 3 aliphatic rings. The molecule has 0 aromatic carbocycles. The van der Waals surface area contributed by atoms with Gasteiger partial charge in [-0.25, -0.2) is 0 Å². The standard InChI is InChI=1S/C84H163NO18/c1-3-5-7-9-11-13-15-17-19-21-23-25-27-28-29-30-31-32-33-34-35-36-37-38-40-42-44-46-48-50-52-54-56-58-60-62-72(90)85-67(68(89)61-59-57-55-53-51-49-47-45-43-41-39-26-24-22-20-18-16-14-12-10-8-6-4-2)66-98-82-78(96)75(93)80(70(64-87)100-82)103-84-79(97)76(94)81(71(65-88)101-84)102-83-77(95)74(92)73(91)69(63-86)99-83/h67-71,73-84,86-89,91-97H,3-66H2,1-2H3,(H,85,90). The van der Waals surface area contributed by atoms with Crippen LogP contribution in [0.15, 0.2) is 0 Å². The summed E-state index contributed by atoms with van der Waals surface area (Å²) in [6, 6.07) is -0.884. The smallest absolute Gasteiger partial charge is 0.220 e. The molecule has 3 aliphatic heterocycles. The Balaban J connectivity index is 1.31. The van der Waals surface area contributed by atoms with Crippen molar-refractivity contribution in [2.75, 3.05) is 26.4 Å². The Morgan fingerprint density at radius 1 is 0.311 bits per heavy atom. The van der Waals surface area contributed by atoms with Crippen molar-refractivity contribution in [1.82, 2.24) is 5.32 Å². The summed E-state index contributed by atoms with van der Waals surface area (Å²) in [4.78, 5) is 13.5. The highest BCUT2D eigenvalue weighted by Gasteiger charge is 2.54. The van der Waals surface area contributed by atoms with Crippen LogP contribution >= 0.6 is 0 Å². The number of hydrogen-bond donors (Lipinski definition) is 12. The average Bonchev–Trinajstić information content (AvgIpc) is 0.781. The van der Waals surface area contributed by atoms with Gasteiger partial charge in [0, 0.05) is 6.42 Å². The van der Waals surface area contributed by atoms with E-state index in [4.69, 9.17) is 28.4 Å². The van der Waals surface area contributed by atoms with Gasteiger partial charge < -0.3 is 89.9 Å². The van der Waals surface area contributed by atoms with E-state index in [2.05, 4.69) is 19.2 Å². The lowest BCUT2D eigenvalue weighted by molar-refractivity contribution is -0.379. The molecule has 17 atom stereocenters. The lowest BCUT2D eigenvalue weighted by Crippen LogP contribution is -2.66. The minimum atomic E-state index is -1.97. The molecule has 3 saturated heterocycles. The predicted octanol–water partition coefficient (Wildman–Crippen LogP) is 15.7. The van der Waals surface area contributed by atoms with Gasteiger partial charge in [0.15, 0.2) is 18.9 Å². The summed E-state index contributed by atoms with van der Waals surface area (Å²) in [5.41, 5.74) is 0. The lowest BCUT2D eigenvalue weighted by Gasteiger charge is -2.48. The van der Waals surface area contributed by atoms with Gasteiger partial charge >= 0.3 is 0 Å². The molecule has 3 heterocycles. The van der Waals surface area contributed by atoms with E-state index in [1.165, 1.54) is 321 Å². The maximum atomic E-state index is 13.5. The molecule has 3 rings (SSSR count). The first-order chi connectivity index (χ1) is 50.3. The number of hydrogen-bond acceptors (Lipinski definition) is 18. The van der Waals surface area contributed by atoms with Crippen LogP contribution in [-0.2, 0) is 33.2 Å². The maximum absolute atomic E-state index is 13.5. The first-order valence-electron chi connectivity index (χ1n) is 43.8. The molecule has 3 fully saturated rings. The Morgan fingerprint density at radius 2 is 0.553 bits per heavy atom. The first-order valence-corrected chi connectivity index (χ1v) is 43.8. The summed E-state index contributed by atoms with van der Waals surface area (Å²) in [5.74, 6) is -0.231. The molecule has 0 radical (unpaired) electrons. The van der Waals surface area contributed by atoms with Crippen molar-refractivity contribution in [1.29, 1.82) is 0 Å². The normalized spacial score (nSPS) is 25.9. The Kier molecular flexibility index (Phi) is 61.0. The zero-order chi connectivity index (χ0) is 74.6. The Labute approximate surface area is 627 Å². The third kappa shape index (κ3) is 45.0. The highest BCUT2D eigenvalue weighted by molar-refractivity contribution is 5.76. The monoisotopic (exact) mass is 1470 g/mol. The van der Waals surface area contributed by atoms with E-state index in [1.807, 2.05) is 0 Å². The Bertz CT molecular complexity index is 1860. The van der Waals surface area contributed by atoms with Gasteiger partial charge in [0.25, 0.3) is 0 Å². The van der Waals surface area contributed by atoms with E-state index in [0.29, 0.717) is 12.8 Å². The number of amides is 1. The molecule has 19 heteroatoms. The lowest BCUT2D eigenvalue weighted by atomic mass is 9.96. The van der Waals surface area contributed by atoms with Crippen LogP contribution in [0.3, 0.4) is 0 Å². The second-order valence-corrected chi connectivity index (χ2v) is 31.7. The van der Waals surface area contributed by atoms with E-state index < -0.39 is 124 Å². The summed E-state index contributed by atoms with van der Waals surface area (Å²) in [7, 11) is 0. The van der Waals surface area contributed by atoms with E-state index in [-0.39, 0.29) is 18.9 Å². The van der Waals surface area contributed by atoms with Crippen molar-refractivity contribution < 1.29 is 89.4 Å². The molecule has 0 aromatic heterocycles. The average molecular weight is 1480 g/mol. The van der Waals surface area contributed by atoms with Crippen LogP contribution in [0.2, 0.25) is 0 Å². The number of rotatable bonds is 72. The van der Waals surface area contributed by atoms with Crippen molar-refractivity contribution in [2.24, 2.45) is 0 Å². The van der Waals surface area contributed by atoms with Gasteiger partial charge in [0.1, 0.15) is 73.2 Å². The number of carbonyl (C=O) groups excluding carboxylic acids is 1. The van der Waals surface area contributed by atoms with Crippen LogP contribution in [0, 0.1) is 0 Å². The van der Waals surface area contributed by atoms with Crippen molar-refractivity contribution >= 4 is 5.91 Å². The van der Waals surface area contributed by atoms with Gasteiger partial charge in [-0.05, 0) is 12.8 Å². The molecule has 12 N–H and O–H groups in total. The summed E-state index contributed by atoms with van der Waals surface area (Å²) in [6.07, 6.45) is 50.7.